The van der Waals surface area contributed by atoms with Crippen LogP contribution in [0.1, 0.15) is 36.1 Å². The third kappa shape index (κ3) is 4.19. The molecule has 0 fully saturated rings. The highest BCUT2D eigenvalue weighted by Crippen LogP contribution is 2.08. The molecule has 1 heterocycles. The molecular formula is C15H20N4O. The van der Waals surface area contributed by atoms with Crippen molar-refractivity contribution in [3.8, 4) is 0 Å². The third-order valence-electron chi connectivity index (χ3n) is 3.02. The SMILES string of the molecule is CCC(=O)NCCc1n[nH]c(Cc2cccc(C)c2)n1. The van der Waals surface area contributed by atoms with E-state index < -0.39 is 0 Å². The number of amides is 1. The number of aromatic amines is 1. The lowest BCUT2D eigenvalue weighted by Crippen LogP contribution is -2.24. The molecule has 1 aromatic heterocycles. The van der Waals surface area contributed by atoms with E-state index in [9.17, 15) is 4.79 Å². The average molecular weight is 272 g/mol. The first-order valence-electron chi connectivity index (χ1n) is 6.89. The lowest BCUT2D eigenvalue weighted by molar-refractivity contribution is -0.120. The Hall–Kier alpha value is -2.17. The smallest absolute Gasteiger partial charge is 0.219 e. The van der Waals surface area contributed by atoms with Crippen LogP contribution in [0.3, 0.4) is 0 Å². The molecule has 5 heteroatoms. The highest BCUT2D eigenvalue weighted by atomic mass is 16.1. The van der Waals surface area contributed by atoms with Gasteiger partial charge in [-0.3, -0.25) is 9.89 Å². The van der Waals surface area contributed by atoms with Crippen molar-refractivity contribution in [3.63, 3.8) is 0 Å². The van der Waals surface area contributed by atoms with Crippen LogP contribution in [0.5, 0.6) is 0 Å². The minimum atomic E-state index is 0.0560. The minimum absolute atomic E-state index is 0.0560. The summed E-state index contributed by atoms with van der Waals surface area (Å²) in [7, 11) is 0. The number of aryl methyl sites for hydroxylation is 1. The van der Waals surface area contributed by atoms with Gasteiger partial charge in [0, 0.05) is 25.8 Å². The number of aromatic nitrogens is 3. The zero-order valence-electron chi connectivity index (χ0n) is 11.9. The number of nitrogens with zero attached hydrogens (tertiary/aromatic N) is 2. The Kier molecular flexibility index (Phi) is 4.87. The number of hydrogen-bond donors (Lipinski definition) is 2. The maximum atomic E-state index is 11.1. The molecule has 2 aromatic rings. The molecule has 106 valence electrons. The van der Waals surface area contributed by atoms with E-state index in [1.165, 1.54) is 11.1 Å². The first kappa shape index (κ1) is 14.2. The Balaban J connectivity index is 1.87. The first-order chi connectivity index (χ1) is 9.67. The van der Waals surface area contributed by atoms with Gasteiger partial charge in [0.05, 0.1) is 0 Å². The van der Waals surface area contributed by atoms with E-state index in [0.29, 0.717) is 19.4 Å². The molecule has 0 unspecified atom stereocenters. The number of nitrogens with one attached hydrogen (secondary N) is 2. The van der Waals surface area contributed by atoms with E-state index in [0.717, 1.165) is 18.1 Å². The van der Waals surface area contributed by atoms with Gasteiger partial charge in [0.2, 0.25) is 5.91 Å². The van der Waals surface area contributed by atoms with Gasteiger partial charge >= 0.3 is 0 Å². The first-order valence-corrected chi connectivity index (χ1v) is 6.89. The van der Waals surface area contributed by atoms with E-state index in [1.807, 2.05) is 13.0 Å². The van der Waals surface area contributed by atoms with Gasteiger partial charge in [-0.25, -0.2) is 4.98 Å². The molecule has 0 aliphatic rings. The lowest BCUT2D eigenvalue weighted by atomic mass is 10.1. The number of carbonyl (C=O) groups is 1. The van der Waals surface area contributed by atoms with E-state index in [1.54, 1.807) is 0 Å². The van der Waals surface area contributed by atoms with Gasteiger partial charge in [-0.05, 0) is 12.5 Å². The quantitative estimate of drug-likeness (QED) is 0.842. The van der Waals surface area contributed by atoms with Crippen LogP contribution in [0.4, 0.5) is 0 Å². The van der Waals surface area contributed by atoms with Crippen molar-refractivity contribution >= 4 is 5.91 Å². The normalized spacial score (nSPS) is 10.5. The summed E-state index contributed by atoms with van der Waals surface area (Å²) in [6.45, 7) is 4.49. The van der Waals surface area contributed by atoms with Crippen molar-refractivity contribution in [3.05, 3.63) is 47.0 Å². The summed E-state index contributed by atoms with van der Waals surface area (Å²) in [5.74, 6) is 1.65. The number of rotatable bonds is 6. The summed E-state index contributed by atoms with van der Waals surface area (Å²) in [6.07, 6.45) is 1.90. The second-order valence-corrected chi connectivity index (χ2v) is 4.82. The standard InChI is InChI=1S/C15H20N4O/c1-3-15(20)16-8-7-13-17-14(19-18-13)10-12-6-4-5-11(2)9-12/h4-6,9H,3,7-8,10H2,1-2H3,(H,16,20)(H,17,18,19). The van der Waals surface area contributed by atoms with Crippen molar-refractivity contribution < 1.29 is 4.79 Å². The summed E-state index contributed by atoms with van der Waals surface area (Å²) >= 11 is 0. The maximum Gasteiger partial charge on any atom is 0.219 e. The van der Waals surface area contributed by atoms with Crippen molar-refractivity contribution in [2.45, 2.75) is 33.1 Å². The average Bonchev–Trinajstić information content (AvgIpc) is 2.86. The van der Waals surface area contributed by atoms with Crippen LogP contribution in [0.2, 0.25) is 0 Å². The Bertz CT molecular complexity index is 577. The van der Waals surface area contributed by atoms with Crippen LogP contribution in [0.25, 0.3) is 0 Å². The second kappa shape index (κ2) is 6.84. The molecule has 20 heavy (non-hydrogen) atoms. The fraction of sp³-hybridized carbons (Fsp3) is 0.400. The predicted molar refractivity (Wildman–Crippen MR) is 77.4 cm³/mol. The van der Waals surface area contributed by atoms with Crippen molar-refractivity contribution in [1.29, 1.82) is 0 Å². The number of carbonyl (C=O) groups excluding carboxylic acids is 1. The van der Waals surface area contributed by atoms with Gasteiger partial charge < -0.3 is 5.32 Å². The fourth-order valence-electron chi connectivity index (χ4n) is 1.98. The zero-order valence-corrected chi connectivity index (χ0v) is 11.9. The molecule has 2 N–H and O–H groups in total. The molecule has 0 bridgehead atoms. The van der Waals surface area contributed by atoms with Gasteiger partial charge in [0.1, 0.15) is 5.82 Å². The molecule has 5 nitrogen and oxygen atoms in total. The number of H-pyrrole nitrogens is 1. The molecule has 0 spiro atoms. The molecule has 0 radical (unpaired) electrons. The summed E-state index contributed by atoms with van der Waals surface area (Å²) in [5, 5.41) is 9.94. The molecule has 0 atom stereocenters. The topological polar surface area (TPSA) is 70.7 Å². The van der Waals surface area contributed by atoms with Gasteiger partial charge in [-0.15, -0.1) is 0 Å². The number of hydrogen-bond acceptors (Lipinski definition) is 3. The van der Waals surface area contributed by atoms with Gasteiger partial charge in [0.25, 0.3) is 0 Å². The van der Waals surface area contributed by atoms with Crippen molar-refractivity contribution in [1.82, 2.24) is 20.5 Å². The molecule has 0 aliphatic heterocycles. The molecule has 1 amide bonds. The van der Waals surface area contributed by atoms with E-state index in [2.05, 4.69) is 45.6 Å². The van der Waals surface area contributed by atoms with Crippen LogP contribution in [0.15, 0.2) is 24.3 Å². The summed E-state index contributed by atoms with van der Waals surface area (Å²) in [6, 6.07) is 8.34. The highest BCUT2D eigenvalue weighted by molar-refractivity contribution is 5.75. The van der Waals surface area contributed by atoms with Gasteiger partial charge in [-0.1, -0.05) is 36.8 Å². The zero-order chi connectivity index (χ0) is 14.4. The Morgan fingerprint density at radius 2 is 2.25 bits per heavy atom. The summed E-state index contributed by atoms with van der Waals surface area (Å²) in [4.78, 5) is 15.6. The third-order valence-corrected chi connectivity index (χ3v) is 3.02. The van der Waals surface area contributed by atoms with E-state index in [-0.39, 0.29) is 5.91 Å². The van der Waals surface area contributed by atoms with Crippen LogP contribution in [-0.2, 0) is 17.6 Å². The summed E-state index contributed by atoms with van der Waals surface area (Å²) < 4.78 is 0. The van der Waals surface area contributed by atoms with Crippen LogP contribution < -0.4 is 5.32 Å². The number of benzene rings is 1. The van der Waals surface area contributed by atoms with Crippen LogP contribution in [0, 0.1) is 6.92 Å². The second-order valence-electron chi connectivity index (χ2n) is 4.82. The molecule has 2 rings (SSSR count). The molecule has 0 saturated heterocycles. The van der Waals surface area contributed by atoms with Crippen molar-refractivity contribution in [2.24, 2.45) is 0 Å². The lowest BCUT2D eigenvalue weighted by Gasteiger charge is -2.00. The molecule has 0 aliphatic carbocycles. The Labute approximate surface area is 118 Å². The van der Waals surface area contributed by atoms with E-state index >= 15 is 0 Å². The largest absolute Gasteiger partial charge is 0.356 e. The highest BCUT2D eigenvalue weighted by Gasteiger charge is 2.05. The predicted octanol–water partition coefficient (Wildman–Crippen LogP) is 1.77. The van der Waals surface area contributed by atoms with Crippen molar-refractivity contribution in [2.75, 3.05) is 6.54 Å². The molecular weight excluding hydrogens is 252 g/mol. The van der Waals surface area contributed by atoms with Gasteiger partial charge in [-0.2, -0.15) is 5.10 Å². The van der Waals surface area contributed by atoms with Gasteiger partial charge in [0.15, 0.2) is 5.82 Å². The summed E-state index contributed by atoms with van der Waals surface area (Å²) in [5.41, 5.74) is 2.46. The van der Waals surface area contributed by atoms with Crippen LogP contribution >= 0.6 is 0 Å². The Morgan fingerprint density at radius 1 is 1.40 bits per heavy atom. The maximum absolute atomic E-state index is 11.1. The Morgan fingerprint density at radius 3 is 3.00 bits per heavy atom. The molecule has 0 saturated carbocycles. The molecule has 1 aromatic carbocycles. The van der Waals surface area contributed by atoms with E-state index in [4.69, 9.17) is 0 Å². The fourth-order valence-corrected chi connectivity index (χ4v) is 1.98. The monoisotopic (exact) mass is 272 g/mol. The minimum Gasteiger partial charge on any atom is -0.356 e. The van der Waals surface area contributed by atoms with Crippen LogP contribution in [-0.4, -0.2) is 27.6 Å².